The van der Waals surface area contributed by atoms with E-state index < -0.39 is 10.8 Å². The van der Waals surface area contributed by atoms with Gasteiger partial charge in [-0.15, -0.1) is 91.5 Å². The minimum absolute atomic E-state index is 0.131. The number of Topliss-reactive ketones (excluding diaryl/α,β-unsaturated/α-hetero) is 2. The van der Waals surface area contributed by atoms with Crippen molar-refractivity contribution in [1.82, 2.24) is 0 Å². The molecule has 0 fully saturated rings. The molecule has 0 N–H and O–H groups in total. The molecule has 0 saturated carbocycles. The smallest absolute Gasteiger partial charge is 0.270 e. The summed E-state index contributed by atoms with van der Waals surface area (Å²) in [5.41, 5.74) is 16.2. The number of aryl methyl sites for hydroxylation is 4. The predicted octanol–water partition coefficient (Wildman–Crippen LogP) is 36.8. The lowest BCUT2D eigenvalue weighted by atomic mass is 9.66. The molecular weight excluding hydrogens is 1820 g/mol. The Bertz CT molecular complexity index is 6230. The Balaban J connectivity index is 1.06. The number of hydrogen-bond donors (Lipinski definition) is 0. The number of allylic oxidation sites excluding steroid dienone is 6. The predicted molar refractivity (Wildman–Crippen MR) is 565 cm³/mol. The fourth-order valence-corrected chi connectivity index (χ4v) is 32.9. The van der Waals surface area contributed by atoms with Crippen LogP contribution >= 0.6 is 114 Å². The monoisotopic (exact) mass is 1930 g/mol. The number of nitriles is 2. The quantitative estimate of drug-likeness (QED) is 0.0124. The summed E-state index contributed by atoms with van der Waals surface area (Å²) < 4.78 is 40.7. The van der Waals surface area contributed by atoms with Crippen molar-refractivity contribution in [1.29, 1.82) is 10.5 Å². The molecule has 5 aromatic carbocycles. The van der Waals surface area contributed by atoms with Crippen LogP contribution in [0.15, 0.2) is 174 Å². The van der Waals surface area contributed by atoms with Gasteiger partial charge in [0.25, 0.3) is 11.4 Å². The number of unbranched alkanes of at least 4 members (excludes halogenated alkanes) is 14. The maximum absolute atomic E-state index is 18.8. The third kappa shape index (κ3) is 17.8. The van der Waals surface area contributed by atoms with Crippen molar-refractivity contribution >= 4 is 169 Å². The SMILES string of the molecule is [C-]#[N+]/C(C#N)=C1/C(=C/c2cc3c(s2)-c2sc4c(-c5cc(F)c(SCC(CC)CCCC)s5)c5c6c(sc5c(-c5cc(F)c(SCC(CC)CCCC)s5)c4c2C3(c2ccc(CCCCCC)cc2)c2ccc(CCCCCC)cc2)-c2sc(/C=C3\C(=O)c4cscc4\C3=C(/C#N)[N+]#[C-])cc2C6(c2ccc(CCCCCC)cc2)c2ccc(CCCCCC)cc2)C(=O)c2cscc21. The zero-order chi connectivity index (χ0) is 91.9. The van der Waals surface area contributed by atoms with Gasteiger partial charge in [-0.05, 0) is 201 Å². The van der Waals surface area contributed by atoms with Crippen LogP contribution < -0.4 is 0 Å². The van der Waals surface area contributed by atoms with Crippen molar-refractivity contribution in [3.63, 3.8) is 0 Å². The second kappa shape index (κ2) is 42.5. The van der Waals surface area contributed by atoms with Gasteiger partial charge in [0, 0.05) is 106 Å². The van der Waals surface area contributed by atoms with Crippen molar-refractivity contribution in [2.24, 2.45) is 11.8 Å². The molecule has 17 rings (SSSR count). The first-order valence-corrected chi connectivity index (χ1v) is 56.7. The summed E-state index contributed by atoms with van der Waals surface area (Å²) in [6, 6.07) is 50.4. The second-order valence-electron chi connectivity index (χ2n) is 36.1. The van der Waals surface area contributed by atoms with Crippen molar-refractivity contribution in [2.75, 3.05) is 11.5 Å². The van der Waals surface area contributed by atoms with E-state index in [9.17, 15) is 10.5 Å². The molecule has 132 heavy (non-hydrogen) atoms. The number of nitrogens with zero attached hydrogens (tertiary/aromatic N) is 4. The number of rotatable bonds is 42. The molecule has 8 aromatic heterocycles. The summed E-state index contributed by atoms with van der Waals surface area (Å²) in [6.45, 7) is 34.8. The van der Waals surface area contributed by atoms with Gasteiger partial charge in [0.05, 0.1) is 64.0 Å². The maximum Gasteiger partial charge on any atom is 0.270 e. The van der Waals surface area contributed by atoms with Crippen molar-refractivity contribution in [3.8, 4) is 52.5 Å². The van der Waals surface area contributed by atoms with Crippen LogP contribution in [0.2, 0.25) is 0 Å². The van der Waals surface area contributed by atoms with E-state index in [0.717, 1.165) is 306 Å². The molecule has 2 atom stereocenters. The zero-order valence-electron chi connectivity index (χ0n) is 76.8. The number of thioether (sulfide) groups is 2. The molecule has 4 aliphatic carbocycles. The van der Waals surface area contributed by atoms with Crippen molar-refractivity contribution in [3.05, 3.63) is 299 Å². The number of ketones is 2. The first kappa shape index (κ1) is 94.8. The summed E-state index contributed by atoms with van der Waals surface area (Å²) in [7, 11) is 0. The molecule has 0 aliphatic heterocycles. The van der Waals surface area contributed by atoms with Gasteiger partial charge in [-0.3, -0.25) is 9.59 Å². The Hall–Kier alpha value is -8.96. The highest BCUT2D eigenvalue weighted by atomic mass is 32.2. The van der Waals surface area contributed by atoms with Crippen LogP contribution in [0, 0.1) is 59.3 Å². The molecule has 0 radical (unpaired) electrons. The lowest BCUT2D eigenvalue weighted by Crippen LogP contribution is -2.29. The number of halogens is 2. The first-order chi connectivity index (χ1) is 64.6. The van der Waals surface area contributed by atoms with Gasteiger partial charge in [-0.2, -0.15) is 22.7 Å². The molecule has 0 amide bonds. The standard InChI is InChI=1S/C114H112F2N4O2S10/c1-11-19-25-29-35-71-39-47-75(48-40-71)113(76-49-41-72(42-50-76)36-30-26-20-12-2)87-57-79(55-81-95(91(61-117)119-9)83-65-123-67-85(83)103(81)121)127-105(87)109-101(113)99-97(93-59-89(115)111(129-93)125-63-69(17-7)33-23-15-5)108-100(98(107(99)131-109)94-60-90(116)112(130-94)126-64-70(18-8)34-24-16-6)102-110(132-108)106-88(58-80(128-106)56-82-96(92(62-118)120-10)84-66-124-68-86(84)104(82)122)114(102,77-51-43-73(44-52-77)37-31-27-21-13-3)78-53-45-74(46-54-78)38-32-28-22-14-4/h39-60,65-70H,11-38,63-64H2,1-8H3/b81-55-,82-56-,95-91-,96-92+. The van der Waals surface area contributed by atoms with Crippen LogP contribution in [-0.4, -0.2) is 23.1 Å². The molecule has 13 aromatic rings. The van der Waals surface area contributed by atoms with E-state index in [4.69, 9.17) is 13.1 Å². The first-order valence-electron chi connectivity index (χ1n) is 47.9. The number of hydrogen-bond acceptors (Lipinski definition) is 14. The number of carbonyl (C=O) groups is 2. The van der Waals surface area contributed by atoms with Crippen molar-refractivity contribution < 1.29 is 18.4 Å². The normalized spacial score (nSPS) is 15.7. The Morgan fingerprint density at radius 2 is 0.742 bits per heavy atom. The summed E-state index contributed by atoms with van der Waals surface area (Å²) >= 11 is 15.9. The highest BCUT2D eigenvalue weighted by Crippen LogP contribution is 2.71. The van der Waals surface area contributed by atoms with Gasteiger partial charge in [0.1, 0.15) is 11.6 Å². The van der Waals surface area contributed by atoms with E-state index in [-0.39, 0.29) is 34.6 Å². The van der Waals surface area contributed by atoms with E-state index in [1.807, 2.05) is 45.8 Å². The fourth-order valence-electron chi connectivity index (χ4n) is 20.6. The Labute approximate surface area is 819 Å². The van der Waals surface area contributed by atoms with Crippen LogP contribution in [0.3, 0.4) is 0 Å². The number of fused-ring (bicyclic) bond motifs is 12. The molecule has 0 saturated heterocycles. The lowest BCUT2D eigenvalue weighted by molar-refractivity contribution is 0.103. The van der Waals surface area contributed by atoms with Crippen LogP contribution in [0.1, 0.15) is 318 Å². The second-order valence-corrected chi connectivity index (χ2v) is 46.5. The fraction of sp³-hybridized carbons (Fsp3) is 0.368. The molecule has 8 heterocycles. The van der Waals surface area contributed by atoms with Crippen molar-refractivity contribution in [2.45, 2.75) is 254 Å². The van der Waals surface area contributed by atoms with Crippen LogP contribution in [-0.2, 0) is 36.5 Å². The summed E-state index contributed by atoms with van der Waals surface area (Å²) in [6.07, 6.45) is 33.8. The third-order valence-corrected chi connectivity index (χ3v) is 39.4. The molecule has 0 bridgehead atoms. The zero-order valence-corrected chi connectivity index (χ0v) is 85.0. The molecule has 6 nitrogen and oxygen atoms in total. The van der Waals surface area contributed by atoms with Gasteiger partial charge in [-0.25, -0.2) is 29.0 Å². The highest BCUT2D eigenvalue weighted by molar-refractivity contribution is 8.01. The summed E-state index contributed by atoms with van der Waals surface area (Å²) in [5.74, 6) is 1.33. The highest BCUT2D eigenvalue weighted by Gasteiger charge is 2.55. The third-order valence-electron chi connectivity index (χ3n) is 27.7. The van der Waals surface area contributed by atoms with Gasteiger partial charge >= 0.3 is 0 Å². The van der Waals surface area contributed by atoms with Crippen LogP contribution in [0.25, 0.3) is 93.6 Å². The van der Waals surface area contributed by atoms with E-state index >= 15 is 18.4 Å². The molecular formula is C114H112F2N4O2S10. The molecule has 674 valence electrons. The number of benzene rings is 5. The van der Waals surface area contributed by atoms with Crippen LogP contribution in [0.4, 0.5) is 8.78 Å². The largest absolute Gasteiger partial charge is 0.289 e. The molecule has 0 spiro atoms. The number of thiophene rings is 8. The summed E-state index contributed by atoms with van der Waals surface area (Å²) in [4.78, 5) is 45.3. The van der Waals surface area contributed by atoms with E-state index in [2.05, 4.69) is 186 Å². The van der Waals surface area contributed by atoms with Gasteiger partial charge < -0.3 is 0 Å². The average molecular weight is 1930 g/mol. The van der Waals surface area contributed by atoms with E-state index in [1.54, 1.807) is 91.5 Å². The van der Waals surface area contributed by atoms with Crippen LogP contribution in [0.5, 0.6) is 0 Å². The Morgan fingerprint density at radius 1 is 0.417 bits per heavy atom. The lowest BCUT2D eigenvalue weighted by Gasteiger charge is -2.35. The average Bonchev–Trinajstić information content (AvgIpc) is 1.49. The molecule has 2 unspecified atom stereocenters. The Morgan fingerprint density at radius 3 is 1.05 bits per heavy atom. The minimum atomic E-state index is -1.13. The Kier molecular flexibility index (Phi) is 30.5. The minimum Gasteiger partial charge on any atom is -0.289 e. The van der Waals surface area contributed by atoms with Gasteiger partial charge in [0.15, 0.2) is 11.6 Å². The molecule has 18 heteroatoms. The topological polar surface area (TPSA) is 90.4 Å². The van der Waals surface area contributed by atoms with Gasteiger partial charge in [-0.1, -0.05) is 268 Å². The maximum atomic E-state index is 18.8. The van der Waals surface area contributed by atoms with E-state index in [1.165, 1.54) is 44.9 Å². The molecule has 4 aliphatic rings. The summed E-state index contributed by atoms with van der Waals surface area (Å²) in [5, 5.41) is 31.0. The van der Waals surface area contributed by atoms with Gasteiger partial charge in [0.2, 0.25) is 0 Å². The van der Waals surface area contributed by atoms with E-state index in [0.29, 0.717) is 64.8 Å². The number of carbonyl (C=O) groups excluding carboxylic acids is 2.